The number of rotatable bonds is 6. The van der Waals surface area contributed by atoms with E-state index in [1.807, 2.05) is 0 Å². The quantitative estimate of drug-likeness (QED) is 0.587. The van der Waals surface area contributed by atoms with E-state index in [9.17, 15) is 17.6 Å². The number of nitrogens with zero attached hydrogens (tertiary/aromatic N) is 3. The van der Waals surface area contributed by atoms with Gasteiger partial charge in [0, 0.05) is 42.9 Å². The number of halogens is 1. The third-order valence-electron chi connectivity index (χ3n) is 5.22. The minimum Gasteiger partial charge on any atom is -0.493 e. The maximum atomic E-state index is 13.2. The largest absolute Gasteiger partial charge is 0.493 e. The molecule has 0 aliphatic carbocycles. The zero-order chi connectivity index (χ0) is 23.6. The molecule has 0 bridgehead atoms. The lowest BCUT2D eigenvalue weighted by molar-refractivity contribution is 0.102. The molecule has 0 fully saturated rings. The lowest BCUT2D eigenvalue weighted by atomic mass is 10.1. The van der Waals surface area contributed by atoms with Gasteiger partial charge in [-0.3, -0.25) is 10.1 Å². The lowest BCUT2D eigenvalue weighted by Crippen LogP contribution is -2.36. The number of benzene rings is 2. The van der Waals surface area contributed by atoms with Gasteiger partial charge in [0.1, 0.15) is 5.82 Å². The van der Waals surface area contributed by atoms with Crippen molar-refractivity contribution < 1.29 is 27.1 Å². The van der Waals surface area contributed by atoms with E-state index in [4.69, 9.17) is 9.47 Å². The number of methoxy groups -OCH3 is 2. The van der Waals surface area contributed by atoms with Gasteiger partial charge >= 0.3 is 0 Å². The molecule has 2 aromatic carbocycles. The molecule has 1 N–H and O–H groups in total. The molecule has 33 heavy (non-hydrogen) atoms. The highest BCUT2D eigenvalue weighted by atomic mass is 32.2. The third kappa shape index (κ3) is 4.64. The fourth-order valence-electron chi connectivity index (χ4n) is 3.46. The van der Waals surface area contributed by atoms with E-state index >= 15 is 0 Å². The van der Waals surface area contributed by atoms with Gasteiger partial charge in [0.2, 0.25) is 16.0 Å². The molecule has 0 spiro atoms. The first-order chi connectivity index (χ1) is 15.8. The summed E-state index contributed by atoms with van der Waals surface area (Å²) in [6.45, 7) is 0.310. The second-order valence-electron chi connectivity index (χ2n) is 7.23. The van der Waals surface area contributed by atoms with Crippen LogP contribution in [0.1, 0.15) is 21.6 Å². The molecular formula is C22H21FN4O5S. The average molecular weight is 472 g/mol. The highest BCUT2D eigenvalue weighted by molar-refractivity contribution is 7.89. The summed E-state index contributed by atoms with van der Waals surface area (Å²) >= 11 is 0. The molecule has 1 aliphatic heterocycles. The Hall–Kier alpha value is -3.57. The van der Waals surface area contributed by atoms with Crippen molar-refractivity contribution in [2.75, 3.05) is 26.1 Å². The Morgan fingerprint density at radius 1 is 1.09 bits per heavy atom. The predicted molar refractivity (Wildman–Crippen MR) is 117 cm³/mol. The Morgan fingerprint density at radius 3 is 2.52 bits per heavy atom. The summed E-state index contributed by atoms with van der Waals surface area (Å²) in [5, 5.41) is 2.58. The van der Waals surface area contributed by atoms with Crippen molar-refractivity contribution in [2.45, 2.75) is 17.9 Å². The number of aromatic nitrogens is 2. The summed E-state index contributed by atoms with van der Waals surface area (Å²) in [5.74, 6) is -0.0585. The summed E-state index contributed by atoms with van der Waals surface area (Å²) in [7, 11) is -0.873. The minimum atomic E-state index is -3.79. The first kappa shape index (κ1) is 22.6. The standard InChI is InChI=1S/C22H21FN4O5S/c1-31-19-8-7-17(11-20(19)32-2)33(29,30)27-10-9-18-15(13-27)12-24-22(25-18)26-21(28)14-3-5-16(23)6-4-14/h3-8,11-12H,9-10,13H2,1-2H3,(H,24,25,26,28). The fourth-order valence-corrected chi connectivity index (χ4v) is 4.89. The first-order valence-electron chi connectivity index (χ1n) is 9.95. The number of amides is 1. The molecule has 4 rings (SSSR count). The number of carbonyl (C=O) groups is 1. The van der Waals surface area contributed by atoms with Crippen LogP contribution < -0.4 is 14.8 Å². The van der Waals surface area contributed by atoms with E-state index < -0.39 is 21.7 Å². The van der Waals surface area contributed by atoms with Gasteiger partial charge in [-0.2, -0.15) is 4.31 Å². The molecule has 0 radical (unpaired) electrons. The average Bonchev–Trinajstić information content (AvgIpc) is 2.83. The summed E-state index contributed by atoms with van der Waals surface area (Å²) in [4.78, 5) is 20.9. The number of hydrogen-bond acceptors (Lipinski definition) is 7. The number of nitrogens with one attached hydrogen (secondary N) is 1. The van der Waals surface area contributed by atoms with Gasteiger partial charge in [-0.1, -0.05) is 0 Å². The molecule has 9 nitrogen and oxygen atoms in total. The normalized spacial score (nSPS) is 13.8. The van der Waals surface area contributed by atoms with Crippen molar-refractivity contribution in [3.63, 3.8) is 0 Å². The van der Waals surface area contributed by atoms with E-state index in [1.54, 1.807) is 6.07 Å². The highest BCUT2D eigenvalue weighted by Crippen LogP contribution is 2.32. The Labute approximate surface area is 190 Å². The molecule has 11 heteroatoms. The van der Waals surface area contributed by atoms with Gasteiger partial charge in [-0.15, -0.1) is 0 Å². The van der Waals surface area contributed by atoms with Gasteiger partial charge in [0.05, 0.1) is 24.8 Å². The summed E-state index contributed by atoms with van der Waals surface area (Å²) in [6.07, 6.45) is 1.85. The Balaban J connectivity index is 1.51. The number of sulfonamides is 1. The van der Waals surface area contributed by atoms with Crippen LogP contribution in [0, 0.1) is 5.82 Å². The van der Waals surface area contributed by atoms with Crippen molar-refractivity contribution in [1.82, 2.24) is 14.3 Å². The fraction of sp³-hybridized carbons (Fsp3) is 0.227. The molecule has 1 aliphatic rings. The summed E-state index contributed by atoms with van der Waals surface area (Å²) in [6, 6.07) is 9.54. The summed E-state index contributed by atoms with van der Waals surface area (Å²) in [5.41, 5.74) is 1.56. The summed E-state index contributed by atoms with van der Waals surface area (Å²) < 4.78 is 51.1. The number of hydrogen-bond donors (Lipinski definition) is 1. The minimum absolute atomic E-state index is 0.0905. The molecule has 3 aromatic rings. The SMILES string of the molecule is COc1ccc(S(=O)(=O)N2CCc3nc(NC(=O)c4ccc(F)cc4)ncc3C2)cc1OC. The topological polar surface area (TPSA) is 111 Å². The zero-order valence-corrected chi connectivity index (χ0v) is 18.7. The Morgan fingerprint density at radius 2 is 1.82 bits per heavy atom. The molecule has 2 heterocycles. The number of ether oxygens (including phenoxy) is 2. The van der Waals surface area contributed by atoms with Crippen molar-refractivity contribution in [3.8, 4) is 11.5 Å². The van der Waals surface area contributed by atoms with Crippen molar-refractivity contribution in [2.24, 2.45) is 0 Å². The van der Waals surface area contributed by atoms with Crippen molar-refractivity contribution in [3.05, 3.63) is 71.3 Å². The second kappa shape index (κ2) is 9.12. The van der Waals surface area contributed by atoms with Crippen LogP contribution in [0.4, 0.5) is 10.3 Å². The Kier molecular flexibility index (Phi) is 6.25. The second-order valence-corrected chi connectivity index (χ2v) is 9.17. The van der Waals surface area contributed by atoms with Crippen LogP contribution in [0.25, 0.3) is 0 Å². The third-order valence-corrected chi connectivity index (χ3v) is 7.06. The molecular weight excluding hydrogens is 451 g/mol. The molecule has 0 atom stereocenters. The van der Waals surface area contributed by atoms with Crippen LogP contribution in [0.5, 0.6) is 11.5 Å². The van der Waals surface area contributed by atoms with Crippen LogP contribution in [0.2, 0.25) is 0 Å². The monoisotopic (exact) mass is 472 g/mol. The molecule has 1 amide bonds. The van der Waals surface area contributed by atoms with Gasteiger partial charge in [-0.25, -0.2) is 22.8 Å². The van der Waals surface area contributed by atoms with E-state index in [2.05, 4.69) is 15.3 Å². The maximum absolute atomic E-state index is 13.2. The molecule has 172 valence electrons. The number of anilines is 1. The predicted octanol–water partition coefficient (Wildman–Crippen LogP) is 2.63. The van der Waals surface area contributed by atoms with E-state index in [1.165, 1.54) is 61.1 Å². The zero-order valence-electron chi connectivity index (χ0n) is 17.9. The molecule has 0 saturated heterocycles. The van der Waals surface area contributed by atoms with E-state index in [-0.39, 0.29) is 29.5 Å². The maximum Gasteiger partial charge on any atom is 0.258 e. The van der Waals surface area contributed by atoms with Crippen LogP contribution in [0.3, 0.4) is 0 Å². The van der Waals surface area contributed by atoms with Crippen LogP contribution in [-0.4, -0.2) is 49.4 Å². The van der Waals surface area contributed by atoms with Crippen LogP contribution in [0.15, 0.2) is 53.6 Å². The van der Waals surface area contributed by atoms with Gasteiger partial charge in [0.25, 0.3) is 5.91 Å². The number of fused-ring (bicyclic) bond motifs is 1. The highest BCUT2D eigenvalue weighted by Gasteiger charge is 2.30. The molecule has 0 saturated carbocycles. The Bertz CT molecular complexity index is 1300. The van der Waals surface area contributed by atoms with E-state index in [0.717, 1.165) is 0 Å². The van der Waals surface area contributed by atoms with Crippen molar-refractivity contribution in [1.29, 1.82) is 0 Å². The van der Waals surface area contributed by atoms with Crippen molar-refractivity contribution >= 4 is 21.9 Å². The lowest BCUT2D eigenvalue weighted by Gasteiger charge is -2.27. The molecule has 0 unspecified atom stereocenters. The van der Waals surface area contributed by atoms with Gasteiger partial charge in [-0.05, 0) is 36.4 Å². The van der Waals surface area contributed by atoms with Gasteiger partial charge in [0.15, 0.2) is 11.5 Å². The smallest absolute Gasteiger partial charge is 0.258 e. The van der Waals surface area contributed by atoms with Crippen LogP contribution in [-0.2, 0) is 23.0 Å². The number of carbonyl (C=O) groups excluding carboxylic acids is 1. The van der Waals surface area contributed by atoms with Gasteiger partial charge < -0.3 is 9.47 Å². The first-order valence-corrected chi connectivity index (χ1v) is 11.4. The molecule has 1 aromatic heterocycles. The van der Waals surface area contributed by atoms with Crippen LogP contribution >= 0.6 is 0 Å². The van der Waals surface area contributed by atoms with E-state index in [0.29, 0.717) is 29.2 Å².